The van der Waals surface area contributed by atoms with Crippen LogP contribution in [0.1, 0.15) is 28.9 Å². The number of carbonyl (C=O) groups excluding carboxylic acids is 2. The van der Waals surface area contributed by atoms with Crippen LogP contribution in [0, 0.1) is 6.92 Å². The molecule has 1 aliphatic rings. The maximum atomic E-state index is 12.4. The van der Waals surface area contributed by atoms with Crippen LogP contribution in [-0.4, -0.2) is 52.9 Å². The molecule has 0 spiro atoms. The summed E-state index contributed by atoms with van der Waals surface area (Å²) < 4.78 is 5.20. The molecule has 1 fully saturated rings. The van der Waals surface area contributed by atoms with Crippen molar-refractivity contribution in [3.63, 3.8) is 0 Å². The molecule has 0 aromatic carbocycles. The van der Waals surface area contributed by atoms with Crippen LogP contribution in [0.3, 0.4) is 0 Å². The van der Waals surface area contributed by atoms with Crippen molar-refractivity contribution in [3.05, 3.63) is 41.6 Å². The van der Waals surface area contributed by atoms with Gasteiger partial charge in [0.1, 0.15) is 11.5 Å². The minimum Gasteiger partial charge on any atom is -0.467 e. The number of piperazine rings is 1. The fourth-order valence-electron chi connectivity index (χ4n) is 2.70. The topological polar surface area (TPSA) is 91.6 Å². The number of rotatable bonds is 4. The van der Waals surface area contributed by atoms with Gasteiger partial charge in [0.05, 0.1) is 12.8 Å². The molecule has 3 rings (SSSR count). The van der Waals surface area contributed by atoms with Crippen molar-refractivity contribution in [2.45, 2.75) is 20.4 Å². The first-order valence-corrected chi connectivity index (χ1v) is 8.19. The summed E-state index contributed by atoms with van der Waals surface area (Å²) in [4.78, 5) is 36.4. The maximum Gasteiger partial charge on any atom is 0.270 e. The second kappa shape index (κ2) is 7.33. The minimum absolute atomic E-state index is 0.0720. The molecule has 8 nitrogen and oxygen atoms in total. The number of aryl methyl sites for hydroxylation is 1. The van der Waals surface area contributed by atoms with E-state index in [-0.39, 0.29) is 11.8 Å². The van der Waals surface area contributed by atoms with Gasteiger partial charge in [0.15, 0.2) is 0 Å². The molecule has 1 saturated heterocycles. The molecular formula is C17H21N5O3. The third kappa shape index (κ3) is 4.14. The molecule has 132 valence electrons. The summed E-state index contributed by atoms with van der Waals surface area (Å²) in [7, 11) is 0. The van der Waals surface area contributed by atoms with Crippen LogP contribution in [0.4, 0.5) is 5.95 Å². The van der Waals surface area contributed by atoms with E-state index in [0.29, 0.717) is 50.1 Å². The quantitative estimate of drug-likeness (QED) is 0.890. The average Bonchev–Trinajstić information content (AvgIpc) is 3.12. The summed E-state index contributed by atoms with van der Waals surface area (Å²) in [6, 6.07) is 5.23. The van der Waals surface area contributed by atoms with Crippen LogP contribution in [0.5, 0.6) is 0 Å². The summed E-state index contributed by atoms with van der Waals surface area (Å²) in [6.45, 7) is 6.27. The number of carbonyl (C=O) groups is 2. The van der Waals surface area contributed by atoms with E-state index in [1.807, 2.05) is 11.8 Å². The third-order valence-electron chi connectivity index (χ3n) is 4.09. The number of aromatic nitrogens is 2. The Balaban J connectivity index is 1.68. The lowest BCUT2D eigenvalue weighted by molar-refractivity contribution is -0.129. The fraction of sp³-hybridized carbons (Fsp3) is 0.412. The van der Waals surface area contributed by atoms with Gasteiger partial charge >= 0.3 is 0 Å². The Kier molecular flexibility index (Phi) is 4.97. The van der Waals surface area contributed by atoms with E-state index in [1.165, 1.54) is 0 Å². The van der Waals surface area contributed by atoms with Crippen molar-refractivity contribution in [1.82, 2.24) is 20.2 Å². The summed E-state index contributed by atoms with van der Waals surface area (Å²) in [5, 5.41) is 2.79. The van der Waals surface area contributed by atoms with E-state index in [9.17, 15) is 9.59 Å². The second-order valence-electron chi connectivity index (χ2n) is 5.95. The molecule has 0 bridgehead atoms. The summed E-state index contributed by atoms with van der Waals surface area (Å²) in [6.07, 6.45) is 1.56. The number of hydrogen-bond donors (Lipinski definition) is 1. The van der Waals surface area contributed by atoms with Gasteiger partial charge in [0.25, 0.3) is 5.91 Å². The average molecular weight is 343 g/mol. The van der Waals surface area contributed by atoms with E-state index in [0.717, 1.165) is 5.69 Å². The monoisotopic (exact) mass is 343 g/mol. The zero-order valence-electron chi connectivity index (χ0n) is 14.4. The summed E-state index contributed by atoms with van der Waals surface area (Å²) in [5.74, 6) is 0.999. The summed E-state index contributed by atoms with van der Waals surface area (Å²) >= 11 is 0. The Morgan fingerprint density at radius 1 is 1.24 bits per heavy atom. The Morgan fingerprint density at radius 3 is 2.64 bits per heavy atom. The molecule has 3 heterocycles. The van der Waals surface area contributed by atoms with Crippen molar-refractivity contribution in [1.29, 1.82) is 0 Å². The Bertz CT molecular complexity index is 752. The highest BCUT2D eigenvalue weighted by Crippen LogP contribution is 2.13. The molecule has 0 unspecified atom stereocenters. The molecule has 1 aliphatic heterocycles. The van der Waals surface area contributed by atoms with Gasteiger partial charge in [-0.2, -0.15) is 0 Å². The predicted molar refractivity (Wildman–Crippen MR) is 91.1 cm³/mol. The Hall–Kier alpha value is -2.90. The van der Waals surface area contributed by atoms with E-state index in [1.54, 1.807) is 36.3 Å². The standard InChI is InChI=1S/C17H21N5O3/c1-12-10-15(16(24)18-11-14-4-3-9-25-14)20-17(19-12)22-7-5-21(6-8-22)13(2)23/h3-4,9-10H,5-8,11H2,1-2H3,(H,18,24). The Labute approximate surface area is 145 Å². The van der Waals surface area contributed by atoms with Gasteiger partial charge in [-0.1, -0.05) is 0 Å². The maximum absolute atomic E-state index is 12.4. The van der Waals surface area contributed by atoms with Crippen LogP contribution < -0.4 is 10.2 Å². The molecule has 2 amide bonds. The van der Waals surface area contributed by atoms with E-state index >= 15 is 0 Å². The van der Waals surface area contributed by atoms with Gasteiger partial charge in [-0.15, -0.1) is 0 Å². The normalized spacial score (nSPS) is 14.5. The minimum atomic E-state index is -0.273. The number of nitrogens with zero attached hydrogens (tertiary/aromatic N) is 4. The van der Waals surface area contributed by atoms with Gasteiger partial charge in [-0.25, -0.2) is 9.97 Å². The SMILES string of the molecule is CC(=O)N1CCN(c2nc(C)cc(C(=O)NCc3ccco3)n2)CC1. The van der Waals surface area contributed by atoms with Gasteiger partial charge in [-0.05, 0) is 25.1 Å². The van der Waals surface area contributed by atoms with E-state index in [4.69, 9.17) is 4.42 Å². The predicted octanol–water partition coefficient (Wildman–Crippen LogP) is 0.977. The van der Waals surface area contributed by atoms with E-state index in [2.05, 4.69) is 15.3 Å². The molecule has 0 saturated carbocycles. The largest absolute Gasteiger partial charge is 0.467 e. The van der Waals surface area contributed by atoms with Crippen LogP contribution in [0.15, 0.2) is 28.9 Å². The van der Waals surface area contributed by atoms with Gasteiger partial charge in [-0.3, -0.25) is 9.59 Å². The number of furan rings is 1. The van der Waals surface area contributed by atoms with Crippen LogP contribution in [-0.2, 0) is 11.3 Å². The van der Waals surface area contributed by atoms with Gasteiger partial charge in [0.2, 0.25) is 11.9 Å². The van der Waals surface area contributed by atoms with Crippen molar-refractivity contribution in [2.24, 2.45) is 0 Å². The lowest BCUT2D eigenvalue weighted by atomic mass is 10.3. The van der Waals surface area contributed by atoms with Crippen molar-refractivity contribution < 1.29 is 14.0 Å². The fourth-order valence-corrected chi connectivity index (χ4v) is 2.70. The Morgan fingerprint density at radius 2 is 2.00 bits per heavy atom. The van der Waals surface area contributed by atoms with Crippen molar-refractivity contribution in [3.8, 4) is 0 Å². The first-order chi connectivity index (χ1) is 12.0. The first kappa shape index (κ1) is 16.9. The highest BCUT2D eigenvalue weighted by atomic mass is 16.3. The zero-order valence-corrected chi connectivity index (χ0v) is 14.4. The van der Waals surface area contributed by atoms with Crippen LogP contribution >= 0.6 is 0 Å². The highest BCUT2D eigenvalue weighted by molar-refractivity contribution is 5.92. The number of amides is 2. The molecule has 8 heteroatoms. The molecule has 1 N–H and O–H groups in total. The van der Waals surface area contributed by atoms with Crippen molar-refractivity contribution in [2.75, 3.05) is 31.1 Å². The zero-order chi connectivity index (χ0) is 17.8. The molecule has 0 aliphatic carbocycles. The molecular weight excluding hydrogens is 322 g/mol. The smallest absolute Gasteiger partial charge is 0.270 e. The summed E-state index contributed by atoms with van der Waals surface area (Å²) in [5.41, 5.74) is 1.05. The number of hydrogen-bond acceptors (Lipinski definition) is 6. The first-order valence-electron chi connectivity index (χ1n) is 8.19. The molecule has 0 atom stereocenters. The lowest BCUT2D eigenvalue weighted by Gasteiger charge is -2.34. The highest BCUT2D eigenvalue weighted by Gasteiger charge is 2.22. The third-order valence-corrected chi connectivity index (χ3v) is 4.09. The molecule has 25 heavy (non-hydrogen) atoms. The van der Waals surface area contributed by atoms with Crippen LogP contribution in [0.25, 0.3) is 0 Å². The number of nitrogens with one attached hydrogen (secondary N) is 1. The number of anilines is 1. The second-order valence-corrected chi connectivity index (χ2v) is 5.95. The van der Waals surface area contributed by atoms with Gasteiger partial charge < -0.3 is 19.5 Å². The molecule has 2 aromatic rings. The van der Waals surface area contributed by atoms with Crippen molar-refractivity contribution >= 4 is 17.8 Å². The van der Waals surface area contributed by atoms with Crippen LogP contribution in [0.2, 0.25) is 0 Å². The lowest BCUT2D eigenvalue weighted by Crippen LogP contribution is -2.48. The molecule has 2 aromatic heterocycles. The van der Waals surface area contributed by atoms with E-state index < -0.39 is 0 Å². The molecule has 0 radical (unpaired) electrons. The van der Waals surface area contributed by atoms with Gasteiger partial charge in [0, 0.05) is 38.8 Å².